The third kappa shape index (κ3) is 4.71. The number of pyridine rings is 1. The summed E-state index contributed by atoms with van der Waals surface area (Å²) < 4.78 is 98.3. The number of fused-ring (bicyclic) bond motifs is 2. The average Bonchev–Trinajstić information content (AvgIpc) is 3.45. The van der Waals surface area contributed by atoms with Crippen molar-refractivity contribution in [3.8, 4) is 11.1 Å². The minimum absolute atomic E-state index is 0.00628. The highest BCUT2D eigenvalue weighted by Gasteiger charge is 2.39. The van der Waals surface area contributed by atoms with Gasteiger partial charge in [-0.2, -0.15) is 13.2 Å². The van der Waals surface area contributed by atoms with Crippen LogP contribution in [-0.4, -0.2) is 39.9 Å². The molecule has 218 valence electrons. The van der Waals surface area contributed by atoms with Gasteiger partial charge in [0.25, 0.3) is 0 Å². The zero-order chi connectivity index (χ0) is 30.7. The van der Waals surface area contributed by atoms with Gasteiger partial charge in [0.15, 0.2) is 17.5 Å². The Balaban J connectivity index is 1.87. The smallest absolute Gasteiger partial charge is 0.417 e. The van der Waals surface area contributed by atoms with Gasteiger partial charge in [0, 0.05) is 40.6 Å². The van der Waals surface area contributed by atoms with Gasteiger partial charge in [-0.15, -0.1) is 0 Å². The zero-order valence-corrected chi connectivity index (χ0v) is 24.0. The number of methoxy groups -OCH3 is 2. The van der Waals surface area contributed by atoms with Gasteiger partial charge in [0.1, 0.15) is 17.9 Å². The molecular weight excluding hydrogens is 683 g/mol. The summed E-state index contributed by atoms with van der Waals surface area (Å²) in [6, 6.07) is 5.92. The van der Waals surface area contributed by atoms with Crippen LogP contribution in [0.3, 0.4) is 0 Å². The second-order valence-electron chi connectivity index (χ2n) is 9.15. The fourth-order valence-corrected chi connectivity index (χ4v) is 5.70. The Morgan fingerprint density at radius 2 is 1.71 bits per heavy atom. The maximum atomic E-state index is 14.7. The van der Waals surface area contributed by atoms with Gasteiger partial charge in [-0.05, 0) is 52.9 Å². The Morgan fingerprint density at radius 3 is 2.31 bits per heavy atom. The van der Waals surface area contributed by atoms with Crippen molar-refractivity contribution in [2.75, 3.05) is 14.2 Å². The molecule has 14 heteroatoms. The number of carbonyl (C=O) groups is 2. The molecule has 0 aliphatic heterocycles. The zero-order valence-electron chi connectivity index (χ0n) is 21.9. The number of benzene rings is 2. The van der Waals surface area contributed by atoms with E-state index in [1.807, 2.05) is 0 Å². The quantitative estimate of drug-likeness (QED) is 0.0649. The van der Waals surface area contributed by atoms with Crippen LogP contribution in [0.4, 0.5) is 26.3 Å². The van der Waals surface area contributed by atoms with Crippen LogP contribution in [0.1, 0.15) is 37.8 Å². The van der Waals surface area contributed by atoms with Crippen molar-refractivity contribution in [3.05, 3.63) is 91.8 Å². The first-order chi connectivity index (χ1) is 19.8. The normalized spacial score (nSPS) is 12.0. The van der Waals surface area contributed by atoms with Crippen LogP contribution in [0.15, 0.2) is 42.6 Å². The molecule has 7 nitrogen and oxygen atoms in total. The Bertz CT molecular complexity index is 1910. The van der Waals surface area contributed by atoms with Crippen molar-refractivity contribution in [3.63, 3.8) is 0 Å². The van der Waals surface area contributed by atoms with E-state index in [4.69, 9.17) is 9.47 Å². The fourth-order valence-electron chi connectivity index (χ4n) is 4.85. The van der Waals surface area contributed by atoms with Crippen LogP contribution in [-0.2, 0) is 29.3 Å². The average molecular weight is 701 g/mol. The monoisotopic (exact) mass is 701 g/mol. The third-order valence-electron chi connectivity index (χ3n) is 6.73. The predicted molar refractivity (Wildman–Crippen MR) is 147 cm³/mol. The van der Waals surface area contributed by atoms with E-state index in [2.05, 4.69) is 4.98 Å². The fraction of sp³-hybridized carbons (Fsp3) is 0.179. The number of halogens is 7. The predicted octanol–water partition coefficient (Wildman–Crippen LogP) is 6.70. The molecule has 0 amide bonds. The first kappa shape index (κ1) is 29.6. The standard InChI is InChI=1S/C28H18F6IN3O4/c1-37-18-9-14(28(32,33)34)21(22(27(40)42-3)24(18)36-20(37)11-41-2)13-5-4-6-38-19(10-17(35)25(13)38)26(39)12-7-15(29)23(31)16(30)8-12/h4-10H,11H2,1-3H3. The first-order valence-corrected chi connectivity index (χ1v) is 13.0. The summed E-state index contributed by atoms with van der Waals surface area (Å²) >= 11 is 1.80. The van der Waals surface area contributed by atoms with E-state index >= 15 is 0 Å². The molecule has 0 N–H and O–H groups in total. The molecule has 0 saturated carbocycles. The Hall–Kier alpha value is -3.92. The topological polar surface area (TPSA) is 74.8 Å². The summed E-state index contributed by atoms with van der Waals surface area (Å²) in [5.41, 5.74) is -2.90. The second-order valence-corrected chi connectivity index (χ2v) is 10.3. The minimum atomic E-state index is -4.95. The van der Waals surface area contributed by atoms with E-state index < -0.39 is 57.6 Å². The van der Waals surface area contributed by atoms with Crippen LogP contribution in [0.2, 0.25) is 0 Å². The number of rotatable bonds is 6. The van der Waals surface area contributed by atoms with Crippen molar-refractivity contribution in [1.82, 2.24) is 14.0 Å². The molecule has 0 radical (unpaired) electrons. The molecule has 3 heterocycles. The van der Waals surface area contributed by atoms with E-state index in [-0.39, 0.29) is 43.8 Å². The molecule has 0 spiro atoms. The molecular formula is C28H18F6IN3O4. The number of aryl methyl sites for hydroxylation is 1. The lowest BCUT2D eigenvalue weighted by atomic mass is 9.92. The van der Waals surface area contributed by atoms with Gasteiger partial charge in [0.2, 0.25) is 5.78 Å². The lowest BCUT2D eigenvalue weighted by Gasteiger charge is -2.19. The van der Waals surface area contributed by atoms with Gasteiger partial charge in [-0.25, -0.2) is 22.9 Å². The molecule has 0 aliphatic carbocycles. The van der Waals surface area contributed by atoms with E-state index in [1.165, 1.54) is 47.5 Å². The van der Waals surface area contributed by atoms with Crippen molar-refractivity contribution in [1.29, 1.82) is 0 Å². The highest BCUT2D eigenvalue weighted by molar-refractivity contribution is 14.1. The number of ketones is 1. The summed E-state index contributed by atoms with van der Waals surface area (Å²) in [5, 5.41) is 0. The molecule has 0 aliphatic rings. The largest absolute Gasteiger partial charge is 0.465 e. The SMILES string of the molecule is COCc1nc2c(C(=O)OC)c(-c3cccn4c(C(=O)c5cc(F)c(F)c(F)c5)cc(I)c34)c(C(F)(F)F)cc2n1C. The summed E-state index contributed by atoms with van der Waals surface area (Å²) in [5.74, 6) is -6.66. The highest BCUT2D eigenvalue weighted by Crippen LogP contribution is 2.45. The van der Waals surface area contributed by atoms with E-state index in [0.29, 0.717) is 12.1 Å². The van der Waals surface area contributed by atoms with Crippen molar-refractivity contribution < 1.29 is 45.4 Å². The van der Waals surface area contributed by atoms with Gasteiger partial charge < -0.3 is 18.4 Å². The molecule has 3 aromatic heterocycles. The Kier molecular flexibility index (Phi) is 7.55. The lowest BCUT2D eigenvalue weighted by molar-refractivity contribution is -0.137. The number of nitrogens with zero attached hydrogens (tertiary/aromatic N) is 3. The van der Waals surface area contributed by atoms with Gasteiger partial charge in [0.05, 0.1) is 35.0 Å². The van der Waals surface area contributed by atoms with Crippen molar-refractivity contribution >= 4 is 50.9 Å². The molecule has 2 aromatic carbocycles. The van der Waals surface area contributed by atoms with E-state index in [9.17, 15) is 35.9 Å². The van der Waals surface area contributed by atoms with E-state index in [1.54, 1.807) is 22.6 Å². The molecule has 5 rings (SSSR count). The summed E-state index contributed by atoms with van der Waals surface area (Å²) in [4.78, 5) is 30.8. The third-order valence-corrected chi connectivity index (χ3v) is 7.55. The Morgan fingerprint density at radius 1 is 1.05 bits per heavy atom. The molecule has 0 atom stereocenters. The molecule has 0 unspecified atom stereocenters. The molecule has 0 bridgehead atoms. The lowest BCUT2D eigenvalue weighted by Crippen LogP contribution is -2.14. The number of aromatic nitrogens is 3. The van der Waals surface area contributed by atoms with Crippen LogP contribution in [0.25, 0.3) is 27.7 Å². The number of imidazole rings is 1. The second kappa shape index (κ2) is 10.7. The Labute approximate surface area is 246 Å². The van der Waals surface area contributed by atoms with E-state index in [0.717, 1.165) is 13.2 Å². The first-order valence-electron chi connectivity index (χ1n) is 12.0. The maximum absolute atomic E-state index is 14.7. The van der Waals surface area contributed by atoms with Crippen molar-refractivity contribution in [2.45, 2.75) is 12.8 Å². The van der Waals surface area contributed by atoms with Crippen molar-refractivity contribution in [2.24, 2.45) is 7.05 Å². The minimum Gasteiger partial charge on any atom is -0.465 e. The number of esters is 1. The van der Waals surface area contributed by atoms with Gasteiger partial charge in [-0.3, -0.25) is 4.79 Å². The van der Waals surface area contributed by atoms with Gasteiger partial charge in [-0.1, -0.05) is 6.07 Å². The van der Waals surface area contributed by atoms with Crippen LogP contribution in [0.5, 0.6) is 0 Å². The number of alkyl halides is 3. The highest BCUT2D eigenvalue weighted by atomic mass is 127. The summed E-state index contributed by atoms with van der Waals surface area (Å²) in [6.07, 6.45) is -3.59. The maximum Gasteiger partial charge on any atom is 0.417 e. The molecule has 0 saturated heterocycles. The number of ether oxygens (including phenoxy) is 2. The van der Waals surface area contributed by atoms with Crippen LogP contribution >= 0.6 is 22.6 Å². The molecule has 42 heavy (non-hydrogen) atoms. The summed E-state index contributed by atoms with van der Waals surface area (Å²) in [7, 11) is 3.90. The summed E-state index contributed by atoms with van der Waals surface area (Å²) in [6.45, 7) is -0.0509. The van der Waals surface area contributed by atoms with Gasteiger partial charge >= 0.3 is 12.1 Å². The molecule has 5 aromatic rings. The van der Waals surface area contributed by atoms with Crippen LogP contribution < -0.4 is 0 Å². The number of carbonyl (C=O) groups excluding carboxylic acids is 2. The number of hydrogen-bond acceptors (Lipinski definition) is 5. The van der Waals surface area contributed by atoms with Crippen LogP contribution in [0, 0.1) is 21.0 Å². The molecule has 0 fully saturated rings. The number of hydrogen-bond donors (Lipinski definition) is 0.